The van der Waals surface area contributed by atoms with Gasteiger partial charge in [0, 0.05) is 5.69 Å². The molecule has 5 nitrogen and oxygen atoms in total. The quantitative estimate of drug-likeness (QED) is 0.858. The van der Waals surface area contributed by atoms with Crippen molar-refractivity contribution in [2.45, 2.75) is 26.7 Å². The van der Waals surface area contributed by atoms with E-state index in [1.165, 1.54) is 11.6 Å². The molecule has 22 heavy (non-hydrogen) atoms. The summed E-state index contributed by atoms with van der Waals surface area (Å²) in [6, 6.07) is 10.7. The molecule has 0 aliphatic heterocycles. The molecule has 0 unspecified atom stereocenters. The molecule has 1 amide bonds. The van der Waals surface area contributed by atoms with Crippen molar-refractivity contribution in [2.24, 2.45) is 0 Å². The summed E-state index contributed by atoms with van der Waals surface area (Å²) in [5.41, 5.74) is 1.86. The van der Waals surface area contributed by atoms with E-state index in [1.54, 1.807) is 13.0 Å². The van der Waals surface area contributed by atoms with E-state index >= 15 is 0 Å². The molecule has 1 N–H and O–H groups in total. The lowest BCUT2D eigenvalue weighted by Crippen LogP contribution is -2.20. The second kappa shape index (κ2) is 6.93. The van der Waals surface area contributed by atoms with Crippen LogP contribution in [0, 0.1) is 6.92 Å². The highest BCUT2D eigenvalue weighted by molar-refractivity contribution is 5.94. The summed E-state index contributed by atoms with van der Waals surface area (Å²) in [7, 11) is 0. The largest absolute Gasteiger partial charge is 0.454 e. The maximum absolute atomic E-state index is 11.8. The van der Waals surface area contributed by atoms with Crippen LogP contribution in [-0.2, 0) is 9.53 Å². The summed E-state index contributed by atoms with van der Waals surface area (Å²) >= 11 is 0. The van der Waals surface area contributed by atoms with Crippen LogP contribution in [0.2, 0.25) is 0 Å². The zero-order chi connectivity index (χ0) is 16.1. The molecule has 1 aromatic carbocycles. The first-order valence-electron chi connectivity index (χ1n) is 7.09. The highest BCUT2D eigenvalue weighted by Crippen LogP contribution is 2.17. The fraction of sp³-hybridized carbons (Fsp3) is 0.294. The Bertz CT molecular complexity index is 656. The van der Waals surface area contributed by atoms with Gasteiger partial charge in [-0.2, -0.15) is 0 Å². The van der Waals surface area contributed by atoms with E-state index in [9.17, 15) is 9.59 Å². The number of nitrogens with one attached hydrogen (secondary N) is 1. The number of anilines is 1. The first kappa shape index (κ1) is 15.8. The number of esters is 1. The van der Waals surface area contributed by atoms with Crippen molar-refractivity contribution in [3.8, 4) is 0 Å². The number of aryl methyl sites for hydroxylation is 1. The fourth-order valence-corrected chi connectivity index (χ4v) is 1.89. The average molecular weight is 301 g/mol. The highest BCUT2D eigenvalue weighted by atomic mass is 16.5. The van der Waals surface area contributed by atoms with Gasteiger partial charge in [-0.25, -0.2) is 4.79 Å². The van der Waals surface area contributed by atoms with Crippen molar-refractivity contribution >= 4 is 17.6 Å². The lowest BCUT2D eigenvalue weighted by Gasteiger charge is -2.08. The summed E-state index contributed by atoms with van der Waals surface area (Å²) < 4.78 is 10.0. The van der Waals surface area contributed by atoms with Crippen LogP contribution in [0.1, 0.15) is 41.6 Å². The van der Waals surface area contributed by atoms with E-state index in [0.29, 0.717) is 17.4 Å². The lowest BCUT2D eigenvalue weighted by atomic mass is 10.0. The van der Waals surface area contributed by atoms with Crippen LogP contribution in [0.3, 0.4) is 0 Å². The summed E-state index contributed by atoms with van der Waals surface area (Å²) in [4.78, 5) is 23.4. The minimum Gasteiger partial charge on any atom is -0.454 e. The van der Waals surface area contributed by atoms with Crippen LogP contribution < -0.4 is 5.32 Å². The molecule has 0 spiro atoms. The van der Waals surface area contributed by atoms with Gasteiger partial charge in [0.1, 0.15) is 5.76 Å². The second-order valence-corrected chi connectivity index (χ2v) is 5.31. The monoisotopic (exact) mass is 301 g/mol. The summed E-state index contributed by atoms with van der Waals surface area (Å²) in [5, 5.41) is 2.67. The molecule has 1 aromatic heterocycles. The van der Waals surface area contributed by atoms with Crippen LogP contribution in [0.4, 0.5) is 5.69 Å². The Hall–Kier alpha value is -2.56. The van der Waals surface area contributed by atoms with Crippen molar-refractivity contribution in [3.63, 3.8) is 0 Å². The van der Waals surface area contributed by atoms with Crippen LogP contribution in [0.15, 0.2) is 40.8 Å². The normalized spacial score (nSPS) is 10.5. The van der Waals surface area contributed by atoms with Crippen molar-refractivity contribution in [1.82, 2.24) is 0 Å². The van der Waals surface area contributed by atoms with Gasteiger partial charge in [-0.15, -0.1) is 0 Å². The number of ether oxygens (including phenoxy) is 1. The molecule has 5 heteroatoms. The molecular formula is C17H19NO4. The first-order chi connectivity index (χ1) is 10.5. The molecule has 0 radical (unpaired) electrons. The van der Waals surface area contributed by atoms with Crippen LogP contribution in [-0.4, -0.2) is 18.5 Å². The minimum absolute atomic E-state index is 0.0894. The smallest absolute Gasteiger partial charge is 0.374 e. The Morgan fingerprint density at radius 3 is 2.36 bits per heavy atom. The Morgan fingerprint density at radius 2 is 1.82 bits per heavy atom. The van der Waals surface area contributed by atoms with E-state index in [1.807, 2.05) is 24.3 Å². The SMILES string of the molecule is Cc1ccc(C(=O)OCC(=O)Nc2ccc(C(C)C)cc2)o1. The molecule has 2 rings (SSSR count). The van der Waals surface area contributed by atoms with Gasteiger partial charge in [0.05, 0.1) is 0 Å². The van der Waals surface area contributed by atoms with Crippen LogP contribution in [0.25, 0.3) is 0 Å². The first-order valence-corrected chi connectivity index (χ1v) is 7.09. The predicted molar refractivity (Wildman–Crippen MR) is 82.9 cm³/mol. The van der Waals surface area contributed by atoms with Gasteiger partial charge in [0.2, 0.25) is 5.76 Å². The number of benzene rings is 1. The number of rotatable bonds is 5. The number of hydrogen-bond donors (Lipinski definition) is 1. The molecular weight excluding hydrogens is 282 g/mol. The van der Waals surface area contributed by atoms with Gasteiger partial charge in [-0.1, -0.05) is 26.0 Å². The van der Waals surface area contributed by atoms with Crippen LogP contribution >= 0.6 is 0 Å². The van der Waals surface area contributed by atoms with Crippen LogP contribution in [0.5, 0.6) is 0 Å². The second-order valence-electron chi connectivity index (χ2n) is 5.31. The minimum atomic E-state index is -0.654. The third-order valence-electron chi connectivity index (χ3n) is 3.14. The maximum atomic E-state index is 11.8. The van der Waals surface area contributed by atoms with Crippen molar-refractivity contribution in [1.29, 1.82) is 0 Å². The van der Waals surface area contributed by atoms with Gasteiger partial charge < -0.3 is 14.5 Å². The molecule has 1 heterocycles. The zero-order valence-electron chi connectivity index (χ0n) is 12.9. The molecule has 2 aromatic rings. The Labute approximate surface area is 129 Å². The molecule has 0 bridgehead atoms. The van der Waals surface area contributed by atoms with Crippen molar-refractivity contribution in [2.75, 3.05) is 11.9 Å². The van der Waals surface area contributed by atoms with E-state index in [2.05, 4.69) is 19.2 Å². The molecule has 0 saturated carbocycles. The van der Waals surface area contributed by atoms with Crippen molar-refractivity contribution in [3.05, 3.63) is 53.5 Å². The third kappa shape index (κ3) is 4.22. The number of carbonyl (C=O) groups is 2. The number of carbonyl (C=O) groups excluding carboxylic acids is 2. The Kier molecular flexibility index (Phi) is 4.99. The number of amides is 1. The van der Waals surface area contributed by atoms with Gasteiger partial charge in [0.15, 0.2) is 6.61 Å². The molecule has 0 atom stereocenters. The average Bonchev–Trinajstić information content (AvgIpc) is 2.92. The Balaban J connectivity index is 1.84. The van der Waals surface area contributed by atoms with E-state index < -0.39 is 11.9 Å². The third-order valence-corrected chi connectivity index (χ3v) is 3.14. The molecule has 0 saturated heterocycles. The fourth-order valence-electron chi connectivity index (χ4n) is 1.89. The molecule has 0 fully saturated rings. The van der Waals surface area contributed by atoms with Crippen molar-refractivity contribution < 1.29 is 18.7 Å². The van der Waals surface area contributed by atoms with Gasteiger partial charge in [-0.05, 0) is 42.7 Å². The van der Waals surface area contributed by atoms with Gasteiger partial charge in [-0.3, -0.25) is 4.79 Å². The summed E-state index contributed by atoms with van der Waals surface area (Å²) in [6.45, 7) is 5.57. The topological polar surface area (TPSA) is 68.5 Å². The van der Waals surface area contributed by atoms with E-state index in [4.69, 9.17) is 9.15 Å². The summed E-state index contributed by atoms with van der Waals surface area (Å²) in [6.07, 6.45) is 0. The van der Waals surface area contributed by atoms with E-state index in [-0.39, 0.29) is 12.4 Å². The highest BCUT2D eigenvalue weighted by Gasteiger charge is 2.13. The number of hydrogen-bond acceptors (Lipinski definition) is 4. The molecule has 0 aliphatic carbocycles. The molecule has 116 valence electrons. The van der Waals surface area contributed by atoms with Gasteiger partial charge >= 0.3 is 5.97 Å². The summed E-state index contributed by atoms with van der Waals surface area (Å²) in [5.74, 6) is 0.0861. The van der Waals surface area contributed by atoms with E-state index in [0.717, 1.165) is 0 Å². The Morgan fingerprint density at radius 1 is 1.14 bits per heavy atom. The maximum Gasteiger partial charge on any atom is 0.374 e. The lowest BCUT2D eigenvalue weighted by molar-refractivity contribution is -0.119. The zero-order valence-corrected chi connectivity index (χ0v) is 12.9. The van der Waals surface area contributed by atoms with Gasteiger partial charge in [0.25, 0.3) is 5.91 Å². The number of furan rings is 1. The molecule has 0 aliphatic rings. The predicted octanol–water partition coefficient (Wildman–Crippen LogP) is 3.51. The standard InChI is InChI=1S/C17H19NO4/c1-11(2)13-5-7-14(8-6-13)18-16(19)10-21-17(20)15-9-4-12(3)22-15/h4-9,11H,10H2,1-3H3,(H,18,19).